The number of aryl methyl sites for hydroxylation is 1. The van der Waals surface area contributed by atoms with Gasteiger partial charge in [-0.2, -0.15) is 18.4 Å². The van der Waals surface area contributed by atoms with E-state index in [0.717, 1.165) is 11.1 Å². The van der Waals surface area contributed by atoms with Crippen LogP contribution in [0.1, 0.15) is 11.1 Å². The first-order valence-corrected chi connectivity index (χ1v) is 8.31. The smallest absolute Gasteiger partial charge is 0.200 e. The molecule has 0 fully saturated rings. The molecule has 110 valence electrons. The number of halogens is 1. The summed E-state index contributed by atoms with van der Waals surface area (Å²) in [6.45, 7) is 1.89. The number of sulfonamides is 1. The molecule has 2 aromatic rings. The summed E-state index contributed by atoms with van der Waals surface area (Å²) in [5.74, 6) is 0.112. The van der Waals surface area contributed by atoms with Crippen molar-refractivity contribution in [1.82, 2.24) is 4.83 Å². The summed E-state index contributed by atoms with van der Waals surface area (Å²) in [4.78, 5) is 2.39. The standard InChI is InChI=1S/C15H15ClN2O2S/c1-12-7-9-14(10-8-12)21(19,20)18-17-15(11-16)13-5-3-2-4-6-13/h2-10,18H,11H2,1H3/b17-15-. The van der Waals surface area contributed by atoms with Crippen molar-refractivity contribution < 1.29 is 8.42 Å². The molecule has 2 rings (SSSR count). The first kappa shape index (κ1) is 15.5. The van der Waals surface area contributed by atoms with Crippen molar-refractivity contribution >= 4 is 27.3 Å². The van der Waals surface area contributed by atoms with E-state index in [-0.39, 0.29) is 10.8 Å². The van der Waals surface area contributed by atoms with Gasteiger partial charge in [0.2, 0.25) is 0 Å². The highest BCUT2D eigenvalue weighted by Gasteiger charge is 2.13. The molecule has 0 saturated carbocycles. The highest BCUT2D eigenvalue weighted by Crippen LogP contribution is 2.10. The van der Waals surface area contributed by atoms with Gasteiger partial charge in [0.1, 0.15) is 0 Å². The van der Waals surface area contributed by atoms with Gasteiger partial charge in [-0.1, -0.05) is 48.0 Å². The summed E-state index contributed by atoms with van der Waals surface area (Å²) in [6.07, 6.45) is 0. The van der Waals surface area contributed by atoms with Crippen LogP contribution in [-0.4, -0.2) is 20.0 Å². The van der Waals surface area contributed by atoms with Gasteiger partial charge in [0, 0.05) is 0 Å². The van der Waals surface area contributed by atoms with E-state index in [9.17, 15) is 8.42 Å². The van der Waals surface area contributed by atoms with E-state index in [1.807, 2.05) is 37.3 Å². The van der Waals surface area contributed by atoms with Gasteiger partial charge in [-0.25, -0.2) is 0 Å². The minimum atomic E-state index is -3.69. The molecule has 6 heteroatoms. The maximum atomic E-state index is 12.1. The molecule has 0 bridgehead atoms. The number of nitrogens with zero attached hydrogens (tertiary/aromatic N) is 1. The van der Waals surface area contributed by atoms with E-state index in [1.54, 1.807) is 12.1 Å². The van der Waals surface area contributed by atoms with Crippen LogP contribution in [0.5, 0.6) is 0 Å². The Kier molecular flexibility index (Phi) is 4.98. The van der Waals surface area contributed by atoms with Crippen LogP contribution >= 0.6 is 11.6 Å². The number of hydrazone groups is 1. The van der Waals surface area contributed by atoms with Crippen molar-refractivity contribution in [2.75, 3.05) is 5.88 Å². The number of alkyl halides is 1. The van der Waals surface area contributed by atoms with Crippen molar-refractivity contribution in [3.8, 4) is 0 Å². The molecule has 0 aliphatic rings. The average molecular weight is 323 g/mol. The topological polar surface area (TPSA) is 58.5 Å². The summed E-state index contributed by atoms with van der Waals surface area (Å²) in [6, 6.07) is 15.7. The molecule has 0 unspecified atom stereocenters. The third-order valence-corrected chi connectivity index (χ3v) is 4.34. The second-order valence-corrected chi connectivity index (χ2v) is 6.39. The molecule has 0 aliphatic heterocycles. The van der Waals surface area contributed by atoms with Crippen LogP contribution in [-0.2, 0) is 10.0 Å². The Labute approximate surface area is 129 Å². The SMILES string of the molecule is Cc1ccc(S(=O)(=O)N/N=C(/CCl)c2ccccc2)cc1. The fourth-order valence-electron chi connectivity index (χ4n) is 1.69. The molecule has 21 heavy (non-hydrogen) atoms. The molecule has 0 aromatic heterocycles. The molecule has 0 amide bonds. The number of benzene rings is 2. The summed E-state index contributed by atoms with van der Waals surface area (Å²) in [7, 11) is -3.69. The Morgan fingerprint density at radius 2 is 1.71 bits per heavy atom. The maximum Gasteiger partial charge on any atom is 0.276 e. The van der Waals surface area contributed by atoms with E-state index in [2.05, 4.69) is 9.93 Å². The highest BCUT2D eigenvalue weighted by atomic mass is 35.5. The first-order valence-electron chi connectivity index (χ1n) is 6.29. The van der Waals surface area contributed by atoms with E-state index >= 15 is 0 Å². The minimum absolute atomic E-state index is 0.112. The van der Waals surface area contributed by atoms with Gasteiger partial charge in [0.05, 0.1) is 16.5 Å². The van der Waals surface area contributed by atoms with Crippen molar-refractivity contribution in [2.45, 2.75) is 11.8 Å². The normalized spacial score (nSPS) is 12.2. The third-order valence-electron chi connectivity index (χ3n) is 2.87. The Hall–Kier alpha value is -1.85. The van der Waals surface area contributed by atoms with E-state index in [4.69, 9.17) is 11.6 Å². The average Bonchev–Trinajstić information content (AvgIpc) is 2.49. The molecule has 1 N–H and O–H groups in total. The number of hydrogen-bond donors (Lipinski definition) is 1. The second-order valence-electron chi connectivity index (χ2n) is 4.47. The van der Waals surface area contributed by atoms with Crippen molar-refractivity contribution in [2.24, 2.45) is 5.10 Å². The summed E-state index contributed by atoms with van der Waals surface area (Å²) in [5, 5.41) is 3.93. The zero-order valence-electron chi connectivity index (χ0n) is 11.5. The molecule has 0 radical (unpaired) electrons. The molecule has 0 spiro atoms. The van der Waals surface area contributed by atoms with Crippen LogP contribution in [0.15, 0.2) is 64.6 Å². The van der Waals surface area contributed by atoms with Crippen LogP contribution < -0.4 is 4.83 Å². The van der Waals surface area contributed by atoms with E-state index in [1.165, 1.54) is 12.1 Å². The predicted octanol–water partition coefficient (Wildman–Crippen LogP) is 2.92. The summed E-state index contributed by atoms with van der Waals surface area (Å²) < 4.78 is 24.3. The zero-order valence-corrected chi connectivity index (χ0v) is 13.0. The lowest BCUT2D eigenvalue weighted by atomic mass is 10.1. The lowest BCUT2D eigenvalue weighted by Gasteiger charge is -2.06. The third kappa shape index (κ3) is 4.06. The summed E-state index contributed by atoms with van der Waals surface area (Å²) in [5.41, 5.74) is 2.23. The fourth-order valence-corrected chi connectivity index (χ4v) is 2.73. The van der Waals surface area contributed by atoms with Gasteiger partial charge in [0.25, 0.3) is 10.0 Å². The molecule has 0 heterocycles. The Balaban J connectivity index is 2.24. The van der Waals surface area contributed by atoms with Gasteiger partial charge < -0.3 is 0 Å². The summed E-state index contributed by atoms with van der Waals surface area (Å²) >= 11 is 5.83. The molecular formula is C15H15ClN2O2S. The number of rotatable bonds is 5. The monoisotopic (exact) mass is 322 g/mol. The van der Waals surface area contributed by atoms with Gasteiger partial charge >= 0.3 is 0 Å². The van der Waals surface area contributed by atoms with Gasteiger partial charge in [-0.05, 0) is 24.6 Å². The fraction of sp³-hybridized carbons (Fsp3) is 0.133. The molecule has 4 nitrogen and oxygen atoms in total. The Bertz CT molecular complexity index is 726. The predicted molar refractivity (Wildman–Crippen MR) is 85.2 cm³/mol. The Morgan fingerprint density at radius 3 is 2.29 bits per heavy atom. The quantitative estimate of drug-likeness (QED) is 0.523. The van der Waals surface area contributed by atoms with Crippen molar-refractivity contribution in [3.63, 3.8) is 0 Å². The molecule has 0 aliphatic carbocycles. The largest absolute Gasteiger partial charge is 0.276 e. The number of hydrogen-bond acceptors (Lipinski definition) is 3. The van der Waals surface area contributed by atoms with Crippen LogP contribution in [0.3, 0.4) is 0 Å². The zero-order chi connectivity index (χ0) is 15.3. The minimum Gasteiger partial charge on any atom is -0.200 e. The van der Waals surface area contributed by atoms with E-state index in [0.29, 0.717) is 5.71 Å². The van der Waals surface area contributed by atoms with Crippen LogP contribution in [0.4, 0.5) is 0 Å². The highest BCUT2D eigenvalue weighted by molar-refractivity contribution is 7.89. The number of nitrogens with one attached hydrogen (secondary N) is 1. The van der Waals surface area contributed by atoms with Crippen LogP contribution in [0.25, 0.3) is 0 Å². The molecular weight excluding hydrogens is 308 g/mol. The first-order chi connectivity index (χ1) is 10.0. The van der Waals surface area contributed by atoms with Gasteiger partial charge in [-0.3, -0.25) is 0 Å². The maximum absolute atomic E-state index is 12.1. The van der Waals surface area contributed by atoms with E-state index < -0.39 is 10.0 Å². The molecule has 2 aromatic carbocycles. The van der Waals surface area contributed by atoms with Gasteiger partial charge in [0.15, 0.2) is 0 Å². The molecule has 0 saturated heterocycles. The lowest BCUT2D eigenvalue weighted by molar-refractivity contribution is 0.584. The second kappa shape index (κ2) is 6.74. The van der Waals surface area contributed by atoms with Crippen LogP contribution in [0.2, 0.25) is 0 Å². The molecule has 0 atom stereocenters. The van der Waals surface area contributed by atoms with Crippen molar-refractivity contribution in [3.05, 3.63) is 65.7 Å². The van der Waals surface area contributed by atoms with Crippen LogP contribution in [0, 0.1) is 6.92 Å². The van der Waals surface area contributed by atoms with Crippen molar-refractivity contribution in [1.29, 1.82) is 0 Å². The van der Waals surface area contributed by atoms with Gasteiger partial charge in [-0.15, -0.1) is 11.6 Å². The lowest BCUT2D eigenvalue weighted by Crippen LogP contribution is -2.21. The Morgan fingerprint density at radius 1 is 1.10 bits per heavy atom.